The molecule has 0 fully saturated rings. The van der Waals surface area contributed by atoms with E-state index in [4.69, 9.17) is 0 Å². The van der Waals surface area contributed by atoms with Gasteiger partial charge in [0.05, 0.1) is 5.71 Å². The molecule has 0 spiro atoms. The van der Waals surface area contributed by atoms with E-state index in [1.807, 2.05) is 6.92 Å². The molecule has 4 nitrogen and oxygen atoms in total. The quantitative estimate of drug-likeness (QED) is 0.484. The van der Waals surface area contributed by atoms with Crippen molar-refractivity contribution < 1.29 is 0 Å². The molecule has 1 aromatic carbocycles. The first-order valence-corrected chi connectivity index (χ1v) is 9.78. The lowest BCUT2D eigenvalue weighted by molar-refractivity contribution is 0.647. The van der Waals surface area contributed by atoms with Gasteiger partial charge in [-0.2, -0.15) is 5.10 Å². The minimum atomic E-state index is 0.595. The Balaban J connectivity index is 2.17. The number of nitrogens with zero attached hydrogens (tertiary/aromatic N) is 3. The highest BCUT2D eigenvalue weighted by Crippen LogP contribution is 2.13. The second-order valence-electron chi connectivity index (χ2n) is 7.28. The van der Waals surface area contributed by atoms with Crippen molar-refractivity contribution in [2.45, 2.75) is 66.7 Å². The summed E-state index contributed by atoms with van der Waals surface area (Å²) in [4.78, 5) is 9.20. The fraction of sp³-hybridized carbons (Fsp3) is 0.500. The Morgan fingerprint density at radius 3 is 2.27 bits per heavy atom. The number of anilines is 1. The van der Waals surface area contributed by atoms with Gasteiger partial charge in [0.2, 0.25) is 5.95 Å². The molecule has 0 amide bonds. The fourth-order valence-electron chi connectivity index (χ4n) is 2.97. The van der Waals surface area contributed by atoms with Gasteiger partial charge >= 0.3 is 0 Å². The SMILES string of the molecule is CCCc1cc(CCC)nc(NN=C(C)c2cccc(CC(C)C)c2)n1. The zero-order chi connectivity index (χ0) is 18.9. The molecule has 0 aliphatic rings. The Morgan fingerprint density at radius 1 is 1.04 bits per heavy atom. The molecule has 0 saturated carbocycles. The molecule has 1 N–H and O–H groups in total. The molecule has 0 unspecified atom stereocenters. The van der Waals surface area contributed by atoms with Gasteiger partial charge < -0.3 is 0 Å². The smallest absolute Gasteiger partial charge is 0.243 e. The van der Waals surface area contributed by atoms with Crippen molar-refractivity contribution in [1.29, 1.82) is 0 Å². The molecule has 1 heterocycles. The van der Waals surface area contributed by atoms with Gasteiger partial charge in [0, 0.05) is 11.4 Å². The number of hydrogen-bond acceptors (Lipinski definition) is 4. The third-order valence-electron chi connectivity index (χ3n) is 4.16. The summed E-state index contributed by atoms with van der Waals surface area (Å²) in [5.41, 5.74) is 8.65. The Morgan fingerprint density at radius 2 is 1.69 bits per heavy atom. The molecule has 4 heteroatoms. The van der Waals surface area contributed by atoms with E-state index in [1.54, 1.807) is 0 Å². The van der Waals surface area contributed by atoms with Crippen LogP contribution in [0.25, 0.3) is 0 Å². The lowest BCUT2D eigenvalue weighted by atomic mass is 10.00. The van der Waals surface area contributed by atoms with Crippen molar-refractivity contribution in [2.75, 3.05) is 5.43 Å². The number of benzene rings is 1. The van der Waals surface area contributed by atoms with E-state index in [2.05, 4.69) is 78.5 Å². The molecule has 2 aromatic rings. The van der Waals surface area contributed by atoms with E-state index in [0.717, 1.165) is 54.8 Å². The number of hydrazone groups is 1. The van der Waals surface area contributed by atoms with Crippen LogP contribution in [0.2, 0.25) is 0 Å². The van der Waals surface area contributed by atoms with Crippen LogP contribution < -0.4 is 5.43 Å². The summed E-state index contributed by atoms with van der Waals surface area (Å²) in [5.74, 6) is 1.24. The van der Waals surface area contributed by atoms with Gasteiger partial charge in [0.1, 0.15) is 0 Å². The zero-order valence-electron chi connectivity index (χ0n) is 16.8. The Bertz CT molecular complexity index is 710. The summed E-state index contributed by atoms with van der Waals surface area (Å²) in [6.45, 7) is 10.8. The van der Waals surface area contributed by atoms with Gasteiger partial charge in [-0.1, -0.05) is 58.7 Å². The van der Waals surface area contributed by atoms with Crippen molar-refractivity contribution in [3.63, 3.8) is 0 Å². The largest absolute Gasteiger partial charge is 0.245 e. The molecule has 0 atom stereocenters. The number of rotatable bonds is 9. The molecule has 26 heavy (non-hydrogen) atoms. The van der Waals surface area contributed by atoms with Crippen LogP contribution in [0.15, 0.2) is 35.4 Å². The fourth-order valence-corrected chi connectivity index (χ4v) is 2.97. The highest BCUT2D eigenvalue weighted by atomic mass is 15.4. The van der Waals surface area contributed by atoms with Crippen molar-refractivity contribution in [1.82, 2.24) is 9.97 Å². The summed E-state index contributed by atoms with van der Waals surface area (Å²) >= 11 is 0. The molecule has 0 aliphatic carbocycles. The average Bonchev–Trinajstić information content (AvgIpc) is 2.60. The molecule has 140 valence electrons. The molecular weight excluding hydrogens is 320 g/mol. The molecule has 0 bridgehead atoms. The van der Waals surface area contributed by atoms with Crippen LogP contribution in [0, 0.1) is 5.92 Å². The molecular formula is C22H32N4. The lowest BCUT2D eigenvalue weighted by Crippen LogP contribution is -2.06. The first-order chi connectivity index (χ1) is 12.5. The lowest BCUT2D eigenvalue weighted by Gasteiger charge is -2.09. The van der Waals surface area contributed by atoms with Crippen molar-refractivity contribution in [3.8, 4) is 0 Å². The first-order valence-electron chi connectivity index (χ1n) is 9.78. The van der Waals surface area contributed by atoms with E-state index in [9.17, 15) is 0 Å². The van der Waals surface area contributed by atoms with Crippen LogP contribution in [-0.2, 0) is 19.3 Å². The minimum absolute atomic E-state index is 0.595. The van der Waals surface area contributed by atoms with E-state index >= 15 is 0 Å². The van der Waals surface area contributed by atoms with Gasteiger partial charge in [-0.3, -0.25) is 0 Å². The maximum Gasteiger partial charge on any atom is 0.243 e. The number of nitrogens with one attached hydrogen (secondary N) is 1. The summed E-state index contributed by atoms with van der Waals surface area (Å²) < 4.78 is 0. The summed E-state index contributed by atoms with van der Waals surface area (Å²) in [5, 5.41) is 4.53. The molecule has 0 aliphatic heterocycles. The van der Waals surface area contributed by atoms with Crippen molar-refractivity contribution >= 4 is 11.7 Å². The van der Waals surface area contributed by atoms with Crippen LogP contribution in [0.5, 0.6) is 0 Å². The van der Waals surface area contributed by atoms with Gasteiger partial charge in [-0.15, -0.1) is 0 Å². The second kappa shape index (κ2) is 10.0. The molecule has 2 rings (SSSR count). The standard InChI is InChI=1S/C22H32N4/c1-6-9-20-15-21(10-7-2)24-22(23-20)26-25-17(5)19-12-8-11-18(14-19)13-16(3)4/h8,11-12,14-16H,6-7,9-10,13H2,1-5H3,(H,23,24,26). The van der Waals surface area contributed by atoms with Gasteiger partial charge in [-0.05, 0) is 55.4 Å². The highest BCUT2D eigenvalue weighted by Gasteiger charge is 2.05. The van der Waals surface area contributed by atoms with E-state index < -0.39 is 0 Å². The van der Waals surface area contributed by atoms with Crippen LogP contribution >= 0.6 is 0 Å². The Hall–Kier alpha value is -2.23. The van der Waals surface area contributed by atoms with Crippen molar-refractivity contribution in [2.24, 2.45) is 11.0 Å². The van der Waals surface area contributed by atoms with Gasteiger partial charge in [0.25, 0.3) is 0 Å². The van der Waals surface area contributed by atoms with Gasteiger partial charge in [0.15, 0.2) is 0 Å². The number of aryl methyl sites for hydroxylation is 2. The Labute approximate surface area is 158 Å². The third-order valence-corrected chi connectivity index (χ3v) is 4.16. The molecule has 0 saturated heterocycles. The summed E-state index contributed by atoms with van der Waals surface area (Å²) in [7, 11) is 0. The maximum atomic E-state index is 4.60. The van der Waals surface area contributed by atoms with Crippen LogP contribution in [0.1, 0.15) is 70.0 Å². The van der Waals surface area contributed by atoms with Gasteiger partial charge in [-0.25, -0.2) is 15.4 Å². The highest BCUT2D eigenvalue weighted by molar-refractivity contribution is 5.99. The summed E-state index contributed by atoms with van der Waals surface area (Å²) in [6, 6.07) is 10.7. The maximum absolute atomic E-state index is 4.60. The van der Waals surface area contributed by atoms with Crippen LogP contribution in [0.3, 0.4) is 0 Å². The predicted octanol–water partition coefficient (Wildman–Crippen LogP) is 5.42. The van der Waals surface area contributed by atoms with Crippen LogP contribution in [-0.4, -0.2) is 15.7 Å². The monoisotopic (exact) mass is 352 g/mol. The van der Waals surface area contributed by atoms with Crippen LogP contribution in [0.4, 0.5) is 5.95 Å². The number of aromatic nitrogens is 2. The molecule has 1 aromatic heterocycles. The zero-order valence-corrected chi connectivity index (χ0v) is 16.8. The van der Waals surface area contributed by atoms with E-state index in [1.165, 1.54) is 5.56 Å². The van der Waals surface area contributed by atoms with Crippen molar-refractivity contribution in [3.05, 3.63) is 52.8 Å². The van der Waals surface area contributed by atoms with E-state index in [-0.39, 0.29) is 0 Å². The third kappa shape index (κ3) is 6.25. The molecule has 0 radical (unpaired) electrons. The minimum Gasteiger partial charge on any atom is -0.245 e. The number of hydrogen-bond donors (Lipinski definition) is 1. The normalized spacial score (nSPS) is 11.8. The predicted molar refractivity (Wildman–Crippen MR) is 111 cm³/mol. The second-order valence-corrected chi connectivity index (χ2v) is 7.28. The van der Waals surface area contributed by atoms with E-state index in [0.29, 0.717) is 11.9 Å². The Kier molecular flexibility index (Phi) is 7.76. The average molecular weight is 353 g/mol. The first kappa shape index (κ1) is 20.1. The summed E-state index contributed by atoms with van der Waals surface area (Å²) in [6.07, 6.45) is 5.17. The topological polar surface area (TPSA) is 50.2 Å².